The number of benzene rings is 1. The highest BCUT2D eigenvalue weighted by Gasteiger charge is 2.34. The van der Waals surface area contributed by atoms with Crippen LogP contribution in [-0.2, 0) is 14.3 Å². The average Bonchev–Trinajstić information content (AvgIpc) is 3.14. The lowest BCUT2D eigenvalue weighted by molar-refractivity contribution is -0.138. The van der Waals surface area contributed by atoms with Crippen LogP contribution in [-0.4, -0.2) is 29.8 Å². The molecule has 8 nitrogen and oxygen atoms in total. The van der Waals surface area contributed by atoms with Gasteiger partial charge in [0, 0.05) is 29.3 Å². The summed E-state index contributed by atoms with van der Waals surface area (Å²) in [5.74, 6) is -1.11. The molecule has 2 aromatic rings. The Morgan fingerprint density at radius 2 is 2.12 bits per heavy atom. The lowest BCUT2D eigenvalue weighted by atomic mass is 10.1. The molecular formula is C17H17N5O3. The number of nitrogen functional groups attached to an aromatic ring is 1. The fourth-order valence-corrected chi connectivity index (χ4v) is 2.65. The zero-order valence-electron chi connectivity index (χ0n) is 13.4. The largest absolute Gasteiger partial charge is 0.464 e. The Morgan fingerprint density at radius 1 is 1.32 bits per heavy atom. The van der Waals surface area contributed by atoms with Crippen molar-refractivity contribution in [2.45, 2.75) is 6.04 Å². The van der Waals surface area contributed by atoms with Crippen LogP contribution < -0.4 is 16.0 Å². The molecule has 25 heavy (non-hydrogen) atoms. The average molecular weight is 339 g/mol. The van der Waals surface area contributed by atoms with Gasteiger partial charge in [0.25, 0.3) is 5.91 Å². The SMILES string of the molecule is COC(=O)C1=CN(c2cccc(C(=N)N)c2)C(c2ccc[nH]2)C(=O)N1. The third-order valence-electron chi connectivity index (χ3n) is 3.83. The Kier molecular flexibility index (Phi) is 4.25. The number of anilines is 1. The molecule has 0 bridgehead atoms. The number of ether oxygens (including phenoxy) is 1. The molecule has 0 saturated heterocycles. The first-order valence-electron chi connectivity index (χ1n) is 7.48. The van der Waals surface area contributed by atoms with Gasteiger partial charge in [0.1, 0.15) is 11.5 Å². The van der Waals surface area contributed by atoms with Gasteiger partial charge >= 0.3 is 5.97 Å². The van der Waals surface area contributed by atoms with E-state index in [1.807, 2.05) is 0 Å². The molecule has 1 aromatic heterocycles. The molecular weight excluding hydrogens is 322 g/mol. The van der Waals surface area contributed by atoms with Crippen molar-refractivity contribution >= 4 is 23.4 Å². The molecule has 0 fully saturated rings. The van der Waals surface area contributed by atoms with Gasteiger partial charge in [0.2, 0.25) is 0 Å². The molecule has 1 unspecified atom stereocenters. The second-order valence-corrected chi connectivity index (χ2v) is 5.42. The fraction of sp³-hybridized carbons (Fsp3) is 0.118. The number of amidine groups is 1. The zero-order valence-corrected chi connectivity index (χ0v) is 13.4. The molecule has 1 aliphatic rings. The summed E-state index contributed by atoms with van der Waals surface area (Å²) < 4.78 is 4.70. The van der Waals surface area contributed by atoms with E-state index < -0.39 is 12.0 Å². The van der Waals surface area contributed by atoms with E-state index in [9.17, 15) is 9.59 Å². The van der Waals surface area contributed by atoms with Crippen molar-refractivity contribution in [3.05, 3.63) is 65.7 Å². The van der Waals surface area contributed by atoms with E-state index in [2.05, 4.69) is 10.3 Å². The summed E-state index contributed by atoms with van der Waals surface area (Å²) in [6.07, 6.45) is 3.23. The number of nitrogens with two attached hydrogens (primary N) is 1. The van der Waals surface area contributed by atoms with Gasteiger partial charge in [-0.1, -0.05) is 12.1 Å². The number of hydrogen-bond acceptors (Lipinski definition) is 5. The molecule has 5 N–H and O–H groups in total. The molecule has 1 amide bonds. The highest BCUT2D eigenvalue weighted by Crippen LogP contribution is 2.31. The first-order valence-corrected chi connectivity index (χ1v) is 7.48. The van der Waals surface area contributed by atoms with E-state index in [0.717, 1.165) is 0 Å². The first-order chi connectivity index (χ1) is 12.0. The van der Waals surface area contributed by atoms with Crippen LogP contribution >= 0.6 is 0 Å². The molecule has 1 atom stereocenters. The molecule has 0 saturated carbocycles. The lowest BCUT2D eigenvalue weighted by Crippen LogP contribution is -2.45. The third kappa shape index (κ3) is 3.09. The Bertz CT molecular complexity index is 857. The summed E-state index contributed by atoms with van der Waals surface area (Å²) in [5.41, 5.74) is 7.37. The van der Waals surface area contributed by atoms with Crippen molar-refractivity contribution in [3.63, 3.8) is 0 Å². The number of carbonyl (C=O) groups is 2. The van der Waals surface area contributed by atoms with Gasteiger partial charge in [0.15, 0.2) is 6.04 Å². The van der Waals surface area contributed by atoms with Crippen molar-refractivity contribution in [3.8, 4) is 0 Å². The minimum Gasteiger partial charge on any atom is -0.464 e. The molecule has 0 spiro atoms. The molecule has 0 aliphatic carbocycles. The monoisotopic (exact) mass is 339 g/mol. The van der Waals surface area contributed by atoms with Crippen LogP contribution in [0.5, 0.6) is 0 Å². The summed E-state index contributed by atoms with van der Waals surface area (Å²) in [5, 5.41) is 10.2. The molecule has 0 radical (unpaired) electrons. The van der Waals surface area contributed by atoms with Gasteiger partial charge < -0.3 is 25.7 Å². The smallest absolute Gasteiger partial charge is 0.356 e. The number of nitrogens with one attached hydrogen (secondary N) is 3. The van der Waals surface area contributed by atoms with Gasteiger partial charge in [-0.05, 0) is 24.3 Å². The van der Waals surface area contributed by atoms with E-state index in [1.165, 1.54) is 13.3 Å². The number of nitrogens with zero attached hydrogens (tertiary/aromatic N) is 1. The summed E-state index contributed by atoms with van der Waals surface area (Å²) in [7, 11) is 1.24. The number of aromatic nitrogens is 1. The normalized spacial score (nSPS) is 16.8. The van der Waals surface area contributed by atoms with Crippen molar-refractivity contribution < 1.29 is 14.3 Å². The molecule has 1 aliphatic heterocycles. The number of H-pyrrole nitrogens is 1. The summed E-state index contributed by atoms with van der Waals surface area (Å²) in [6.45, 7) is 0. The van der Waals surface area contributed by atoms with Gasteiger partial charge in [0.05, 0.1) is 7.11 Å². The van der Waals surface area contributed by atoms with E-state index in [-0.39, 0.29) is 17.4 Å². The van der Waals surface area contributed by atoms with Gasteiger partial charge in [-0.2, -0.15) is 0 Å². The topological polar surface area (TPSA) is 124 Å². The minimum atomic E-state index is -0.703. The zero-order chi connectivity index (χ0) is 18.0. The van der Waals surface area contributed by atoms with E-state index in [0.29, 0.717) is 16.9 Å². The molecule has 3 rings (SSSR count). The van der Waals surface area contributed by atoms with Crippen molar-refractivity contribution in [1.29, 1.82) is 5.41 Å². The second kappa shape index (κ2) is 6.52. The number of rotatable bonds is 4. The lowest BCUT2D eigenvalue weighted by Gasteiger charge is -2.33. The standard InChI is InChI=1S/C17H17N5O3/c1-25-17(24)13-9-22(11-5-2-4-10(8-11)15(18)19)14(16(23)21-13)12-6-3-7-20-12/h2-9,14,20H,1H3,(H3,18,19)(H,21,23). The molecule has 1 aromatic carbocycles. The van der Waals surface area contributed by atoms with Gasteiger partial charge in [-0.15, -0.1) is 0 Å². The maximum Gasteiger partial charge on any atom is 0.356 e. The van der Waals surface area contributed by atoms with Crippen LogP contribution in [0.1, 0.15) is 17.3 Å². The quantitative estimate of drug-likeness (QED) is 0.376. The van der Waals surface area contributed by atoms with Crippen LogP contribution in [0.3, 0.4) is 0 Å². The number of aromatic amines is 1. The first kappa shape index (κ1) is 16.3. The molecule has 128 valence electrons. The van der Waals surface area contributed by atoms with Crippen LogP contribution in [0.15, 0.2) is 54.5 Å². The number of amides is 1. The Balaban J connectivity index is 2.11. The van der Waals surface area contributed by atoms with Crippen molar-refractivity contribution in [2.24, 2.45) is 5.73 Å². The van der Waals surface area contributed by atoms with Gasteiger partial charge in [-0.3, -0.25) is 10.2 Å². The summed E-state index contributed by atoms with van der Waals surface area (Å²) in [4.78, 5) is 29.2. The minimum absolute atomic E-state index is 0.0311. The Labute approximate surface area is 143 Å². The fourth-order valence-electron chi connectivity index (χ4n) is 2.65. The van der Waals surface area contributed by atoms with E-state index in [1.54, 1.807) is 47.5 Å². The van der Waals surface area contributed by atoms with Crippen LogP contribution in [0.4, 0.5) is 5.69 Å². The van der Waals surface area contributed by atoms with Gasteiger partial charge in [-0.25, -0.2) is 4.79 Å². The predicted octanol–water partition coefficient (Wildman–Crippen LogP) is 0.991. The molecule has 8 heteroatoms. The van der Waals surface area contributed by atoms with Crippen LogP contribution in [0, 0.1) is 5.41 Å². The maximum absolute atomic E-state index is 12.6. The van der Waals surface area contributed by atoms with Crippen LogP contribution in [0.25, 0.3) is 0 Å². The predicted molar refractivity (Wildman–Crippen MR) is 91.7 cm³/mol. The van der Waals surface area contributed by atoms with Crippen molar-refractivity contribution in [1.82, 2.24) is 10.3 Å². The van der Waals surface area contributed by atoms with Crippen LogP contribution in [0.2, 0.25) is 0 Å². The molecule has 2 heterocycles. The maximum atomic E-state index is 12.6. The van der Waals surface area contributed by atoms with E-state index in [4.69, 9.17) is 15.9 Å². The second-order valence-electron chi connectivity index (χ2n) is 5.42. The third-order valence-corrected chi connectivity index (χ3v) is 3.83. The number of carbonyl (C=O) groups excluding carboxylic acids is 2. The highest BCUT2D eigenvalue weighted by molar-refractivity contribution is 6.00. The Morgan fingerprint density at radius 3 is 2.76 bits per heavy atom. The Hall–Kier alpha value is -3.55. The number of esters is 1. The van der Waals surface area contributed by atoms with Crippen molar-refractivity contribution in [2.75, 3.05) is 12.0 Å². The van der Waals surface area contributed by atoms with E-state index >= 15 is 0 Å². The summed E-state index contributed by atoms with van der Waals surface area (Å²) >= 11 is 0. The highest BCUT2D eigenvalue weighted by atomic mass is 16.5. The summed E-state index contributed by atoms with van der Waals surface area (Å²) in [6, 6.07) is 9.75. The number of hydrogen-bond donors (Lipinski definition) is 4. The number of methoxy groups -OCH3 is 1.